The number of nitrogens with zero attached hydrogens (tertiary/aromatic N) is 4. The van der Waals surface area contributed by atoms with Crippen molar-refractivity contribution in [2.75, 3.05) is 38.0 Å². The number of aryl methyl sites for hydroxylation is 1. The van der Waals surface area contributed by atoms with Crippen molar-refractivity contribution in [3.05, 3.63) is 70.6 Å². The van der Waals surface area contributed by atoms with Gasteiger partial charge in [-0.15, -0.1) is 0 Å². The van der Waals surface area contributed by atoms with E-state index in [0.29, 0.717) is 37.2 Å². The van der Waals surface area contributed by atoms with Crippen LogP contribution in [-0.4, -0.2) is 63.9 Å². The molecule has 0 spiro atoms. The molecule has 1 aliphatic rings. The Bertz CT molecular complexity index is 1180. The smallest absolute Gasteiger partial charge is 0.269 e. The molecule has 1 fully saturated rings. The molecule has 0 aliphatic carbocycles. The number of carbonyl (C=O) groups excluding carboxylic acids is 2. The summed E-state index contributed by atoms with van der Waals surface area (Å²) in [5, 5.41) is 2.99. The summed E-state index contributed by atoms with van der Waals surface area (Å²) in [6.45, 7) is 4.60. The van der Waals surface area contributed by atoms with Crippen molar-refractivity contribution in [1.82, 2.24) is 19.4 Å². The molecule has 1 saturated heterocycles. The van der Waals surface area contributed by atoms with Crippen LogP contribution in [0.2, 0.25) is 0 Å². The lowest BCUT2D eigenvalue weighted by atomic mass is 10.1. The van der Waals surface area contributed by atoms with Crippen LogP contribution in [-0.2, 0) is 22.6 Å². The van der Waals surface area contributed by atoms with Crippen molar-refractivity contribution >= 4 is 28.5 Å². The van der Waals surface area contributed by atoms with E-state index in [0.717, 1.165) is 17.7 Å². The molecule has 8 nitrogen and oxygen atoms in total. The van der Waals surface area contributed by atoms with Crippen LogP contribution in [0.15, 0.2) is 59.5 Å². The fourth-order valence-corrected chi connectivity index (χ4v) is 4.01. The highest BCUT2D eigenvalue weighted by Crippen LogP contribution is 2.15. The van der Waals surface area contributed by atoms with Gasteiger partial charge in [-0.3, -0.25) is 23.9 Å². The third-order valence-corrected chi connectivity index (χ3v) is 5.81. The zero-order valence-corrected chi connectivity index (χ0v) is 18.2. The topological polar surface area (TPSA) is 87.5 Å². The summed E-state index contributed by atoms with van der Waals surface area (Å²) in [5.41, 5.74) is 3.00. The number of hydrogen-bond acceptors (Lipinski definition) is 5. The van der Waals surface area contributed by atoms with Crippen molar-refractivity contribution in [2.24, 2.45) is 0 Å². The predicted molar refractivity (Wildman–Crippen MR) is 123 cm³/mol. The highest BCUT2D eigenvalue weighted by atomic mass is 16.2. The fraction of sp³-hybridized carbons (Fsp3) is 0.333. The Hall–Kier alpha value is -3.52. The van der Waals surface area contributed by atoms with Crippen molar-refractivity contribution in [2.45, 2.75) is 19.9 Å². The van der Waals surface area contributed by atoms with E-state index >= 15 is 0 Å². The zero-order chi connectivity index (χ0) is 22.5. The normalized spacial score (nSPS) is 14.5. The minimum atomic E-state index is -0.292. The van der Waals surface area contributed by atoms with Crippen LogP contribution < -0.4 is 10.9 Å². The fourth-order valence-electron chi connectivity index (χ4n) is 4.01. The second-order valence-electron chi connectivity index (χ2n) is 7.89. The van der Waals surface area contributed by atoms with Gasteiger partial charge in [0, 0.05) is 31.9 Å². The van der Waals surface area contributed by atoms with Gasteiger partial charge >= 0.3 is 0 Å². The Balaban J connectivity index is 1.32. The lowest BCUT2D eigenvalue weighted by molar-refractivity contribution is -0.133. The van der Waals surface area contributed by atoms with Crippen LogP contribution in [0.3, 0.4) is 0 Å². The Labute approximate surface area is 186 Å². The van der Waals surface area contributed by atoms with Gasteiger partial charge in [-0.25, -0.2) is 4.98 Å². The van der Waals surface area contributed by atoms with E-state index in [1.54, 1.807) is 11.0 Å². The molecule has 8 heteroatoms. The maximum absolute atomic E-state index is 12.9. The SMILES string of the molecule is CCc1ccccc1NC(=O)CN1CCN(C(=O)Cn2c(=O)cnc3ccccc32)CC1. The Morgan fingerprint density at radius 3 is 2.47 bits per heavy atom. The van der Waals surface area contributed by atoms with E-state index in [2.05, 4.69) is 17.2 Å². The number of nitrogens with one attached hydrogen (secondary N) is 1. The molecule has 32 heavy (non-hydrogen) atoms. The van der Waals surface area contributed by atoms with Crippen molar-refractivity contribution < 1.29 is 9.59 Å². The quantitative estimate of drug-likeness (QED) is 0.640. The van der Waals surface area contributed by atoms with E-state index < -0.39 is 0 Å². The molecular formula is C24H27N5O3. The summed E-state index contributed by atoms with van der Waals surface area (Å²) in [6, 6.07) is 15.1. The van der Waals surface area contributed by atoms with Crippen LogP contribution in [0.25, 0.3) is 11.0 Å². The Morgan fingerprint density at radius 2 is 1.69 bits per heavy atom. The predicted octanol–water partition coefficient (Wildman–Crippen LogP) is 1.74. The number of anilines is 1. The summed E-state index contributed by atoms with van der Waals surface area (Å²) >= 11 is 0. The van der Waals surface area contributed by atoms with Crippen LogP contribution >= 0.6 is 0 Å². The molecular weight excluding hydrogens is 406 g/mol. The number of carbonyl (C=O) groups is 2. The van der Waals surface area contributed by atoms with Crippen LogP contribution in [0.1, 0.15) is 12.5 Å². The van der Waals surface area contributed by atoms with E-state index in [1.165, 1.54) is 10.8 Å². The van der Waals surface area contributed by atoms with E-state index in [4.69, 9.17) is 0 Å². The van der Waals surface area contributed by atoms with Crippen LogP contribution in [0.5, 0.6) is 0 Å². The molecule has 2 amide bonds. The standard InChI is InChI=1S/C24H27N5O3/c1-2-18-7-3-4-8-19(18)26-22(30)16-27-11-13-28(14-12-27)24(32)17-29-21-10-6-5-9-20(21)25-15-23(29)31/h3-10,15H,2,11-14,16-17H2,1H3,(H,26,30). The first-order valence-corrected chi connectivity index (χ1v) is 10.9. The number of benzene rings is 2. The third-order valence-electron chi connectivity index (χ3n) is 5.81. The molecule has 0 atom stereocenters. The van der Waals surface area contributed by atoms with Gasteiger partial charge in [-0.1, -0.05) is 37.3 Å². The van der Waals surface area contributed by atoms with Gasteiger partial charge < -0.3 is 10.2 Å². The summed E-state index contributed by atoms with van der Waals surface area (Å²) in [7, 11) is 0. The highest BCUT2D eigenvalue weighted by molar-refractivity contribution is 5.93. The maximum Gasteiger partial charge on any atom is 0.269 e. The summed E-state index contributed by atoms with van der Waals surface area (Å²) in [6.07, 6.45) is 2.11. The summed E-state index contributed by atoms with van der Waals surface area (Å²) in [5.74, 6) is -0.162. The maximum atomic E-state index is 12.9. The number of para-hydroxylation sites is 3. The lowest BCUT2D eigenvalue weighted by Gasteiger charge is -2.34. The minimum absolute atomic E-state index is 0.0177. The largest absolute Gasteiger partial charge is 0.339 e. The molecule has 4 rings (SSSR count). The van der Waals surface area contributed by atoms with Gasteiger partial charge in [-0.2, -0.15) is 0 Å². The highest BCUT2D eigenvalue weighted by Gasteiger charge is 2.23. The molecule has 1 aromatic heterocycles. The monoisotopic (exact) mass is 433 g/mol. The van der Waals surface area contributed by atoms with Crippen molar-refractivity contribution in [1.29, 1.82) is 0 Å². The van der Waals surface area contributed by atoms with Gasteiger partial charge in [0.1, 0.15) is 6.54 Å². The van der Waals surface area contributed by atoms with E-state index in [9.17, 15) is 14.4 Å². The summed E-state index contributed by atoms with van der Waals surface area (Å²) < 4.78 is 1.47. The molecule has 1 N–H and O–H groups in total. The lowest BCUT2D eigenvalue weighted by Crippen LogP contribution is -2.51. The zero-order valence-electron chi connectivity index (χ0n) is 18.2. The molecule has 166 valence electrons. The van der Waals surface area contributed by atoms with Gasteiger partial charge in [0.25, 0.3) is 5.56 Å². The molecule has 2 heterocycles. The first-order chi connectivity index (χ1) is 15.5. The first-order valence-electron chi connectivity index (χ1n) is 10.9. The average Bonchev–Trinajstić information content (AvgIpc) is 2.81. The van der Waals surface area contributed by atoms with Crippen LogP contribution in [0.4, 0.5) is 5.69 Å². The Kier molecular flexibility index (Phi) is 6.61. The van der Waals surface area contributed by atoms with Gasteiger partial charge in [-0.05, 0) is 30.2 Å². The van der Waals surface area contributed by atoms with Gasteiger partial charge in [0.2, 0.25) is 11.8 Å². The average molecular weight is 434 g/mol. The van der Waals surface area contributed by atoms with Crippen molar-refractivity contribution in [3.8, 4) is 0 Å². The van der Waals surface area contributed by atoms with E-state index in [1.807, 2.05) is 47.4 Å². The molecule has 0 radical (unpaired) electrons. The van der Waals surface area contributed by atoms with Crippen LogP contribution in [0, 0.1) is 0 Å². The second-order valence-corrected chi connectivity index (χ2v) is 7.89. The third kappa shape index (κ3) is 4.86. The Morgan fingerprint density at radius 1 is 0.969 bits per heavy atom. The molecule has 3 aromatic rings. The molecule has 0 unspecified atom stereocenters. The second kappa shape index (κ2) is 9.74. The first kappa shape index (κ1) is 21.7. The van der Waals surface area contributed by atoms with Crippen molar-refractivity contribution in [3.63, 3.8) is 0 Å². The van der Waals surface area contributed by atoms with Gasteiger partial charge in [0.05, 0.1) is 23.8 Å². The molecule has 2 aromatic carbocycles. The number of fused-ring (bicyclic) bond motifs is 1. The number of rotatable bonds is 6. The van der Waals surface area contributed by atoms with E-state index in [-0.39, 0.29) is 30.5 Å². The number of hydrogen-bond donors (Lipinski definition) is 1. The molecule has 0 saturated carbocycles. The number of piperazine rings is 1. The minimum Gasteiger partial charge on any atom is -0.339 e. The molecule has 1 aliphatic heterocycles. The number of aromatic nitrogens is 2. The van der Waals surface area contributed by atoms with Gasteiger partial charge in [0.15, 0.2) is 0 Å². The number of amides is 2. The summed E-state index contributed by atoms with van der Waals surface area (Å²) in [4.78, 5) is 45.6. The molecule has 0 bridgehead atoms.